The Kier molecular flexibility index (Phi) is 2.04. The number of carbonyl (C=O) groups excluding carboxylic acids is 2. The molecule has 2 amide bonds. The lowest BCUT2D eigenvalue weighted by Crippen LogP contribution is -2.29. The van der Waals surface area contributed by atoms with Gasteiger partial charge in [-0.05, 0) is 12.1 Å². The number of imide groups is 1. The second-order valence-electron chi connectivity index (χ2n) is 3.80. The number of para-hydroxylation sites is 2. The SMILES string of the molecule is O=C1C=CC(=O)N1Cc1nc2ccccc2[nH]1. The smallest absolute Gasteiger partial charge is 0.254 e. The number of hydrogen-bond acceptors (Lipinski definition) is 3. The van der Waals surface area contributed by atoms with E-state index in [-0.39, 0.29) is 18.4 Å². The van der Waals surface area contributed by atoms with Gasteiger partial charge in [0.1, 0.15) is 5.82 Å². The van der Waals surface area contributed by atoms with E-state index in [1.54, 1.807) is 0 Å². The fraction of sp³-hybridized carbons (Fsp3) is 0.0833. The van der Waals surface area contributed by atoms with Gasteiger partial charge >= 0.3 is 0 Å². The average Bonchev–Trinajstić information content (AvgIpc) is 2.87. The number of carbonyl (C=O) groups is 2. The number of fused-ring (bicyclic) bond motifs is 1. The highest BCUT2D eigenvalue weighted by atomic mass is 16.2. The maximum atomic E-state index is 11.4. The number of nitrogens with zero attached hydrogens (tertiary/aromatic N) is 2. The molecular weight excluding hydrogens is 218 g/mol. The van der Waals surface area contributed by atoms with Gasteiger partial charge < -0.3 is 4.98 Å². The summed E-state index contributed by atoms with van der Waals surface area (Å²) in [6, 6.07) is 7.57. The van der Waals surface area contributed by atoms with Crippen molar-refractivity contribution < 1.29 is 9.59 Å². The topological polar surface area (TPSA) is 66.1 Å². The van der Waals surface area contributed by atoms with E-state index in [9.17, 15) is 9.59 Å². The zero-order valence-corrected chi connectivity index (χ0v) is 8.88. The molecule has 2 aromatic rings. The monoisotopic (exact) mass is 227 g/mol. The van der Waals surface area contributed by atoms with Crippen molar-refractivity contribution in [3.8, 4) is 0 Å². The molecule has 0 radical (unpaired) electrons. The molecule has 1 N–H and O–H groups in total. The van der Waals surface area contributed by atoms with Gasteiger partial charge in [-0.2, -0.15) is 0 Å². The third-order valence-electron chi connectivity index (χ3n) is 2.65. The summed E-state index contributed by atoms with van der Waals surface area (Å²) in [4.78, 5) is 31.3. The lowest BCUT2D eigenvalue weighted by molar-refractivity contribution is -0.137. The van der Waals surface area contributed by atoms with Crippen molar-refractivity contribution in [2.75, 3.05) is 0 Å². The van der Waals surface area contributed by atoms with Gasteiger partial charge in [0.15, 0.2) is 0 Å². The Balaban J connectivity index is 1.90. The zero-order valence-electron chi connectivity index (χ0n) is 8.88. The minimum atomic E-state index is -0.296. The molecule has 5 nitrogen and oxygen atoms in total. The zero-order chi connectivity index (χ0) is 11.8. The fourth-order valence-electron chi connectivity index (χ4n) is 1.82. The number of H-pyrrole nitrogens is 1. The maximum Gasteiger partial charge on any atom is 0.254 e. The van der Waals surface area contributed by atoms with Gasteiger partial charge in [-0.15, -0.1) is 0 Å². The number of nitrogens with one attached hydrogen (secondary N) is 1. The average molecular weight is 227 g/mol. The number of benzene rings is 1. The van der Waals surface area contributed by atoms with E-state index in [0.29, 0.717) is 5.82 Å². The van der Waals surface area contributed by atoms with Crippen molar-refractivity contribution in [2.24, 2.45) is 0 Å². The van der Waals surface area contributed by atoms with Gasteiger partial charge in [-0.25, -0.2) is 4.98 Å². The van der Waals surface area contributed by atoms with E-state index < -0.39 is 0 Å². The molecule has 0 spiro atoms. The summed E-state index contributed by atoms with van der Waals surface area (Å²) in [6.07, 6.45) is 2.54. The van der Waals surface area contributed by atoms with Gasteiger partial charge in [0.2, 0.25) is 0 Å². The molecule has 1 aromatic carbocycles. The van der Waals surface area contributed by atoms with Crippen LogP contribution in [-0.4, -0.2) is 26.7 Å². The van der Waals surface area contributed by atoms with Gasteiger partial charge in [0.05, 0.1) is 17.6 Å². The van der Waals surface area contributed by atoms with E-state index in [0.717, 1.165) is 15.9 Å². The molecule has 0 saturated carbocycles. The molecule has 1 aliphatic rings. The van der Waals surface area contributed by atoms with Crippen molar-refractivity contribution in [1.82, 2.24) is 14.9 Å². The Morgan fingerprint density at radius 2 is 1.82 bits per heavy atom. The maximum absolute atomic E-state index is 11.4. The van der Waals surface area contributed by atoms with E-state index in [4.69, 9.17) is 0 Å². The standard InChI is InChI=1S/C12H9N3O2/c16-11-5-6-12(17)15(11)7-10-13-8-3-1-2-4-9(8)14-10/h1-6H,7H2,(H,13,14). The largest absolute Gasteiger partial charge is 0.340 e. The second kappa shape index (κ2) is 3.55. The first kappa shape index (κ1) is 9.77. The highest BCUT2D eigenvalue weighted by Crippen LogP contribution is 2.13. The van der Waals surface area contributed by atoms with Crippen molar-refractivity contribution in [2.45, 2.75) is 6.54 Å². The van der Waals surface area contributed by atoms with Crippen LogP contribution in [0, 0.1) is 0 Å². The summed E-state index contributed by atoms with van der Waals surface area (Å²) >= 11 is 0. The van der Waals surface area contributed by atoms with Crippen LogP contribution < -0.4 is 0 Å². The summed E-state index contributed by atoms with van der Waals surface area (Å²) in [6.45, 7) is 0.180. The summed E-state index contributed by atoms with van der Waals surface area (Å²) < 4.78 is 0. The summed E-state index contributed by atoms with van der Waals surface area (Å²) in [5.74, 6) is 0.0162. The second-order valence-corrected chi connectivity index (χ2v) is 3.80. The quantitative estimate of drug-likeness (QED) is 0.778. The first-order valence-corrected chi connectivity index (χ1v) is 5.21. The number of aromatic amines is 1. The number of rotatable bonds is 2. The van der Waals surface area contributed by atoms with Gasteiger partial charge in [0.25, 0.3) is 11.8 Å². The molecule has 0 saturated heterocycles. The first-order valence-electron chi connectivity index (χ1n) is 5.21. The van der Waals surface area contributed by atoms with Gasteiger partial charge in [0, 0.05) is 12.2 Å². The molecule has 0 unspecified atom stereocenters. The highest BCUT2D eigenvalue weighted by molar-refractivity contribution is 6.12. The highest BCUT2D eigenvalue weighted by Gasteiger charge is 2.24. The number of amides is 2. The first-order chi connectivity index (χ1) is 8.24. The Hall–Kier alpha value is -2.43. The molecule has 0 atom stereocenters. The van der Waals surface area contributed by atoms with Crippen LogP contribution in [0.5, 0.6) is 0 Å². The van der Waals surface area contributed by atoms with Crippen LogP contribution in [0.4, 0.5) is 0 Å². The van der Waals surface area contributed by atoms with Crippen LogP contribution in [0.1, 0.15) is 5.82 Å². The molecule has 0 fully saturated rings. The van der Waals surface area contributed by atoms with Crippen LogP contribution in [0.2, 0.25) is 0 Å². The lowest BCUT2D eigenvalue weighted by atomic mass is 10.3. The van der Waals surface area contributed by atoms with Crippen LogP contribution in [0.3, 0.4) is 0 Å². The van der Waals surface area contributed by atoms with Crippen LogP contribution in [0.25, 0.3) is 11.0 Å². The molecule has 3 rings (SSSR count). The number of imidazole rings is 1. The fourth-order valence-corrected chi connectivity index (χ4v) is 1.82. The van der Waals surface area contributed by atoms with Gasteiger partial charge in [-0.1, -0.05) is 12.1 Å². The normalized spacial score (nSPS) is 15.2. The molecule has 84 valence electrons. The Bertz CT molecular complexity index is 591. The van der Waals surface area contributed by atoms with E-state index in [1.807, 2.05) is 24.3 Å². The molecule has 1 aromatic heterocycles. The van der Waals surface area contributed by atoms with Crippen molar-refractivity contribution in [3.63, 3.8) is 0 Å². The number of aromatic nitrogens is 2. The van der Waals surface area contributed by atoms with Gasteiger partial charge in [-0.3, -0.25) is 14.5 Å². The van der Waals surface area contributed by atoms with Crippen molar-refractivity contribution in [3.05, 3.63) is 42.2 Å². The molecule has 5 heteroatoms. The third kappa shape index (κ3) is 1.61. The minimum Gasteiger partial charge on any atom is -0.340 e. The van der Waals surface area contributed by atoms with Crippen LogP contribution in [0.15, 0.2) is 36.4 Å². The molecule has 0 bridgehead atoms. The summed E-state index contributed by atoms with van der Waals surface area (Å²) in [5, 5.41) is 0. The molecule has 17 heavy (non-hydrogen) atoms. The molecule has 0 aliphatic carbocycles. The lowest BCUT2D eigenvalue weighted by Gasteiger charge is -2.10. The van der Waals surface area contributed by atoms with E-state index >= 15 is 0 Å². The van der Waals surface area contributed by atoms with Crippen LogP contribution >= 0.6 is 0 Å². The predicted molar refractivity (Wildman–Crippen MR) is 60.8 cm³/mol. The third-order valence-corrected chi connectivity index (χ3v) is 2.65. The summed E-state index contributed by atoms with van der Waals surface area (Å²) in [7, 11) is 0. The van der Waals surface area contributed by atoms with E-state index in [1.165, 1.54) is 12.2 Å². The predicted octanol–water partition coefficient (Wildman–Crippen LogP) is 0.988. The Labute approximate surface area is 96.8 Å². The van der Waals surface area contributed by atoms with Crippen LogP contribution in [-0.2, 0) is 16.1 Å². The number of hydrogen-bond donors (Lipinski definition) is 1. The van der Waals surface area contributed by atoms with E-state index in [2.05, 4.69) is 9.97 Å². The minimum absolute atomic E-state index is 0.180. The van der Waals surface area contributed by atoms with Crippen molar-refractivity contribution in [1.29, 1.82) is 0 Å². The molecular formula is C12H9N3O2. The molecule has 2 heterocycles. The Morgan fingerprint density at radius 3 is 2.53 bits per heavy atom. The summed E-state index contributed by atoms with van der Waals surface area (Å²) in [5.41, 5.74) is 1.73. The van der Waals surface area contributed by atoms with Crippen molar-refractivity contribution >= 4 is 22.8 Å². The molecule has 1 aliphatic heterocycles. The Morgan fingerprint density at radius 1 is 1.12 bits per heavy atom.